The Kier molecular flexibility index (Phi) is 7.48. The van der Waals surface area contributed by atoms with E-state index in [-0.39, 0.29) is 25.2 Å². The largest absolute Gasteiger partial charge is 0.573 e. The number of H-pyrrole nitrogens is 1. The van der Waals surface area contributed by atoms with Crippen molar-refractivity contribution >= 4 is 12.4 Å². The third-order valence-corrected chi connectivity index (χ3v) is 4.38. The fraction of sp³-hybridized carbons (Fsp3) is 0.227. The Labute approximate surface area is 181 Å². The maximum Gasteiger partial charge on any atom is 0.573 e. The Morgan fingerprint density at radius 1 is 1.12 bits per heavy atom. The lowest BCUT2D eigenvalue weighted by atomic mass is 10.1. The summed E-state index contributed by atoms with van der Waals surface area (Å²) in [5.74, 6) is 0.163. The summed E-state index contributed by atoms with van der Waals surface area (Å²) in [7, 11) is 0. The zero-order chi connectivity index (χ0) is 23.0. The highest BCUT2D eigenvalue weighted by Crippen LogP contribution is 2.26. The van der Waals surface area contributed by atoms with Crippen LogP contribution in [-0.4, -0.2) is 34.8 Å². The molecule has 0 aliphatic carbocycles. The molecule has 0 bridgehead atoms. The Hall–Kier alpha value is -3.82. The van der Waals surface area contributed by atoms with Crippen LogP contribution in [0.25, 0.3) is 11.3 Å². The molecule has 32 heavy (non-hydrogen) atoms. The second-order valence-corrected chi connectivity index (χ2v) is 6.83. The number of aromatic amines is 1. The number of carbonyl (C=O) groups is 2. The minimum atomic E-state index is -4.76. The summed E-state index contributed by atoms with van der Waals surface area (Å²) < 4.78 is 45.9. The SMILES string of the molecule is O=CCC(Cc1ncc(-c2ccc(OC(F)(F)F)cc2)[nH]1)NC(=O)OCc1ccccc1. The van der Waals surface area contributed by atoms with Gasteiger partial charge in [-0.3, -0.25) is 0 Å². The van der Waals surface area contributed by atoms with Crippen molar-refractivity contribution in [3.63, 3.8) is 0 Å². The standard InChI is InChI=1S/C22H20F3N3O4/c23-22(24,25)32-18-8-6-16(7-9-18)19-13-26-20(28-19)12-17(10-11-29)27-21(30)31-14-15-4-2-1-3-5-15/h1-9,11,13,17H,10,12,14H2,(H,26,28)(H,27,30). The quantitative estimate of drug-likeness (QED) is 0.474. The first-order chi connectivity index (χ1) is 15.3. The molecule has 0 radical (unpaired) electrons. The predicted octanol–water partition coefficient (Wildman–Crippen LogP) is 4.40. The zero-order valence-corrected chi connectivity index (χ0v) is 16.8. The van der Waals surface area contributed by atoms with Crippen molar-refractivity contribution < 1.29 is 32.2 Å². The zero-order valence-electron chi connectivity index (χ0n) is 16.8. The molecule has 0 aliphatic heterocycles. The molecule has 2 aromatic carbocycles. The fourth-order valence-electron chi connectivity index (χ4n) is 2.92. The molecule has 1 aromatic heterocycles. The van der Waals surface area contributed by atoms with E-state index in [0.29, 0.717) is 23.4 Å². The fourth-order valence-corrected chi connectivity index (χ4v) is 2.92. The van der Waals surface area contributed by atoms with Crippen LogP contribution in [-0.2, 0) is 22.6 Å². The minimum absolute atomic E-state index is 0.0555. The van der Waals surface area contributed by atoms with E-state index in [9.17, 15) is 22.8 Å². The van der Waals surface area contributed by atoms with Gasteiger partial charge in [-0.25, -0.2) is 9.78 Å². The first-order valence-electron chi connectivity index (χ1n) is 9.63. The molecular formula is C22H20F3N3O4. The molecule has 1 heterocycles. The van der Waals surface area contributed by atoms with Crippen LogP contribution in [0.4, 0.5) is 18.0 Å². The van der Waals surface area contributed by atoms with E-state index >= 15 is 0 Å². The van der Waals surface area contributed by atoms with Crippen molar-refractivity contribution in [3.8, 4) is 17.0 Å². The number of nitrogens with zero attached hydrogens (tertiary/aromatic N) is 1. The number of halogens is 3. The van der Waals surface area contributed by atoms with Crippen LogP contribution in [0.3, 0.4) is 0 Å². The first kappa shape index (κ1) is 22.9. The highest BCUT2D eigenvalue weighted by molar-refractivity contribution is 5.68. The summed E-state index contributed by atoms with van der Waals surface area (Å²) in [6, 6.07) is 13.9. The number of imidazole rings is 1. The van der Waals surface area contributed by atoms with E-state index in [1.807, 2.05) is 30.3 Å². The molecule has 1 unspecified atom stereocenters. The van der Waals surface area contributed by atoms with Crippen molar-refractivity contribution in [1.82, 2.24) is 15.3 Å². The van der Waals surface area contributed by atoms with Crippen LogP contribution in [0.5, 0.6) is 5.75 Å². The van der Waals surface area contributed by atoms with Gasteiger partial charge in [-0.1, -0.05) is 30.3 Å². The second kappa shape index (κ2) is 10.5. The molecule has 0 saturated carbocycles. The number of amides is 1. The molecule has 10 heteroatoms. The first-order valence-corrected chi connectivity index (χ1v) is 9.63. The average Bonchev–Trinajstić information content (AvgIpc) is 3.21. The van der Waals surface area contributed by atoms with E-state index < -0.39 is 18.5 Å². The Morgan fingerprint density at radius 2 is 1.84 bits per heavy atom. The van der Waals surface area contributed by atoms with E-state index in [4.69, 9.17) is 4.74 Å². The highest BCUT2D eigenvalue weighted by atomic mass is 19.4. The van der Waals surface area contributed by atoms with Crippen molar-refractivity contribution in [2.45, 2.75) is 31.9 Å². The molecule has 2 N–H and O–H groups in total. The average molecular weight is 447 g/mol. The second-order valence-electron chi connectivity index (χ2n) is 6.83. The Morgan fingerprint density at radius 3 is 2.50 bits per heavy atom. The van der Waals surface area contributed by atoms with Gasteiger partial charge in [0.2, 0.25) is 0 Å². The number of aromatic nitrogens is 2. The van der Waals surface area contributed by atoms with Gasteiger partial charge in [-0.2, -0.15) is 0 Å². The molecule has 3 rings (SSSR count). The van der Waals surface area contributed by atoms with Crippen LogP contribution in [0.15, 0.2) is 60.8 Å². The summed E-state index contributed by atoms with van der Waals surface area (Å²) in [5, 5.41) is 2.64. The van der Waals surface area contributed by atoms with E-state index in [2.05, 4.69) is 20.0 Å². The number of hydrogen-bond donors (Lipinski definition) is 2. The number of aldehydes is 1. The number of rotatable bonds is 9. The molecule has 0 saturated heterocycles. The third kappa shape index (κ3) is 7.15. The van der Waals surface area contributed by atoms with Crippen molar-refractivity contribution in [1.29, 1.82) is 0 Å². The third-order valence-electron chi connectivity index (χ3n) is 4.38. The van der Waals surface area contributed by atoms with Gasteiger partial charge in [0.15, 0.2) is 0 Å². The maximum atomic E-state index is 12.3. The number of ether oxygens (including phenoxy) is 2. The summed E-state index contributed by atoms with van der Waals surface area (Å²) >= 11 is 0. The smallest absolute Gasteiger partial charge is 0.445 e. The van der Waals surface area contributed by atoms with Crippen LogP contribution in [0.2, 0.25) is 0 Å². The monoisotopic (exact) mass is 447 g/mol. The van der Waals surface area contributed by atoms with Gasteiger partial charge in [0.1, 0.15) is 24.5 Å². The molecule has 1 amide bonds. The van der Waals surface area contributed by atoms with Gasteiger partial charge >= 0.3 is 12.5 Å². The van der Waals surface area contributed by atoms with Crippen LogP contribution >= 0.6 is 0 Å². The topological polar surface area (TPSA) is 93.3 Å². The normalized spacial score (nSPS) is 12.1. The lowest BCUT2D eigenvalue weighted by Gasteiger charge is -2.15. The lowest BCUT2D eigenvalue weighted by Crippen LogP contribution is -2.37. The van der Waals surface area contributed by atoms with Crippen LogP contribution in [0.1, 0.15) is 17.8 Å². The Balaban J connectivity index is 1.57. The van der Waals surface area contributed by atoms with Gasteiger partial charge in [-0.05, 0) is 35.4 Å². The van der Waals surface area contributed by atoms with Crippen molar-refractivity contribution in [2.24, 2.45) is 0 Å². The molecule has 1 atom stereocenters. The number of alkyl halides is 3. The summed E-state index contributed by atoms with van der Waals surface area (Å²) in [5.41, 5.74) is 1.99. The summed E-state index contributed by atoms with van der Waals surface area (Å²) in [6.07, 6.45) is -2.93. The van der Waals surface area contributed by atoms with E-state index in [0.717, 1.165) is 5.56 Å². The van der Waals surface area contributed by atoms with Gasteiger partial charge in [0.05, 0.1) is 11.9 Å². The minimum Gasteiger partial charge on any atom is -0.445 e. The van der Waals surface area contributed by atoms with Gasteiger partial charge < -0.3 is 24.6 Å². The number of hydrogen-bond acceptors (Lipinski definition) is 5. The van der Waals surface area contributed by atoms with Gasteiger partial charge in [0.25, 0.3) is 0 Å². The number of benzene rings is 2. The molecular weight excluding hydrogens is 427 g/mol. The molecule has 0 aliphatic rings. The molecule has 0 fully saturated rings. The van der Waals surface area contributed by atoms with Crippen molar-refractivity contribution in [3.05, 3.63) is 72.2 Å². The van der Waals surface area contributed by atoms with Crippen LogP contribution < -0.4 is 10.1 Å². The molecule has 7 nitrogen and oxygen atoms in total. The van der Waals surface area contributed by atoms with Crippen molar-refractivity contribution in [2.75, 3.05) is 0 Å². The summed E-state index contributed by atoms with van der Waals surface area (Å²) in [4.78, 5) is 30.3. The molecule has 168 valence electrons. The van der Waals surface area contributed by atoms with Gasteiger partial charge in [0, 0.05) is 18.9 Å². The van der Waals surface area contributed by atoms with Gasteiger partial charge in [-0.15, -0.1) is 13.2 Å². The lowest BCUT2D eigenvalue weighted by molar-refractivity contribution is -0.274. The van der Waals surface area contributed by atoms with Crippen LogP contribution in [0, 0.1) is 0 Å². The van der Waals surface area contributed by atoms with E-state index in [1.54, 1.807) is 0 Å². The molecule has 0 spiro atoms. The van der Waals surface area contributed by atoms with E-state index in [1.165, 1.54) is 30.5 Å². The molecule has 3 aromatic rings. The number of nitrogens with one attached hydrogen (secondary N) is 2. The highest BCUT2D eigenvalue weighted by Gasteiger charge is 2.31. The summed E-state index contributed by atoms with van der Waals surface area (Å²) in [6.45, 7) is 0.0967. The number of alkyl carbamates (subject to hydrolysis) is 1. The Bertz CT molecular complexity index is 1020. The maximum absolute atomic E-state index is 12.3. The predicted molar refractivity (Wildman–Crippen MR) is 109 cm³/mol. The number of carbonyl (C=O) groups excluding carboxylic acids is 2.